The van der Waals surface area contributed by atoms with Crippen LogP contribution in [-0.2, 0) is 0 Å². The molecule has 0 spiro atoms. The molecule has 0 aliphatic heterocycles. The Morgan fingerprint density at radius 2 is 0.462 bits per heavy atom. The van der Waals surface area contributed by atoms with Gasteiger partial charge >= 0.3 is 0 Å². The molecule has 0 saturated heterocycles. The van der Waals surface area contributed by atoms with Crippen molar-refractivity contribution in [2.45, 2.75) is 116 Å². The van der Waals surface area contributed by atoms with Gasteiger partial charge in [0.1, 0.15) is 0 Å². The predicted octanol–water partition coefficient (Wildman–Crippen LogP) is 9.25. The van der Waals surface area contributed by atoms with Crippen LogP contribution in [0.3, 0.4) is 0 Å². The summed E-state index contributed by atoms with van der Waals surface area (Å²) in [6.45, 7) is 0. The highest BCUT2D eigenvalue weighted by Gasteiger charge is 1.94. The fraction of sp³-hybridized carbons (Fsp3) is 0.692. The topological polar surface area (TPSA) is 0 Å². The fourth-order valence-corrected chi connectivity index (χ4v) is 3.61. The van der Waals surface area contributed by atoms with Gasteiger partial charge in [-0.1, -0.05) is 138 Å². The van der Waals surface area contributed by atoms with Crippen LogP contribution in [-0.4, -0.2) is 0 Å². The van der Waals surface area contributed by atoms with Gasteiger partial charge in [0, 0.05) is 0 Å². The molecule has 0 bridgehead atoms. The minimum Gasteiger partial charge on any atom is -0.0845 e. The summed E-state index contributed by atoms with van der Waals surface area (Å²) in [4.78, 5) is 0. The Labute approximate surface area is 164 Å². The fourth-order valence-electron chi connectivity index (χ4n) is 3.61. The van der Waals surface area contributed by atoms with E-state index in [0.29, 0.717) is 0 Å². The van der Waals surface area contributed by atoms with Crippen molar-refractivity contribution >= 4 is 0 Å². The molecule has 0 nitrogen and oxygen atoms in total. The van der Waals surface area contributed by atoms with Crippen molar-refractivity contribution in [1.82, 2.24) is 0 Å². The summed E-state index contributed by atoms with van der Waals surface area (Å²) < 4.78 is 0. The highest BCUT2D eigenvalue weighted by atomic mass is 14.0. The minimum absolute atomic E-state index is 1.23. The van der Waals surface area contributed by atoms with E-state index in [1.165, 1.54) is 116 Å². The third kappa shape index (κ3) is 17.8. The normalized spacial score (nSPS) is 21.5. The summed E-state index contributed by atoms with van der Waals surface area (Å²) in [5.41, 5.74) is 0. The zero-order valence-corrected chi connectivity index (χ0v) is 17.3. The van der Waals surface area contributed by atoms with Gasteiger partial charge in [-0.25, -0.2) is 0 Å². The van der Waals surface area contributed by atoms with Crippen molar-refractivity contribution < 1.29 is 0 Å². The van der Waals surface area contributed by atoms with Gasteiger partial charge in [0.25, 0.3) is 0 Å². The van der Waals surface area contributed by atoms with Crippen LogP contribution in [0.25, 0.3) is 0 Å². The molecule has 148 valence electrons. The van der Waals surface area contributed by atoms with Gasteiger partial charge in [0.2, 0.25) is 0 Å². The van der Waals surface area contributed by atoms with Crippen LogP contribution in [0.15, 0.2) is 48.6 Å². The Balaban J connectivity index is 2.18. The maximum absolute atomic E-state index is 2.31. The molecule has 0 atom stereocenters. The first-order valence-corrected chi connectivity index (χ1v) is 11.6. The lowest BCUT2D eigenvalue weighted by Crippen LogP contribution is -1.83. The molecule has 26 heavy (non-hydrogen) atoms. The van der Waals surface area contributed by atoms with Gasteiger partial charge in [0.05, 0.1) is 0 Å². The minimum atomic E-state index is 1.23. The first-order valence-electron chi connectivity index (χ1n) is 11.6. The molecule has 0 aromatic rings. The second-order valence-corrected chi connectivity index (χ2v) is 7.86. The van der Waals surface area contributed by atoms with Crippen molar-refractivity contribution in [2.75, 3.05) is 0 Å². The summed E-state index contributed by atoms with van der Waals surface area (Å²) >= 11 is 0. The number of hydrogen-bond donors (Lipinski definition) is 0. The Bertz CT molecular complexity index is 345. The summed E-state index contributed by atoms with van der Waals surface area (Å²) in [7, 11) is 0. The summed E-state index contributed by atoms with van der Waals surface area (Å²) in [5, 5.41) is 0. The summed E-state index contributed by atoms with van der Waals surface area (Å²) in [5.74, 6) is 0. The second-order valence-electron chi connectivity index (χ2n) is 7.86. The number of allylic oxidation sites excluding steroid dienone is 8. The summed E-state index contributed by atoms with van der Waals surface area (Å²) in [6.07, 6.45) is 43.0. The predicted molar refractivity (Wildman–Crippen MR) is 120 cm³/mol. The highest BCUT2D eigenvalue weighted by molar-refractivity contribution is 5.15. The molecular formula is C26H44. The molecule has 1 rings (SSSR count). The average molecular weight is 357 g/mol. The van der Waals surface area contributed by atoms with E-state index >= 15 is 0 Å². The van der Waals surface area contributed by atoms with Crippen LogP contribution in [0.5, 0.6) is 0 Å². The Morgan fingerprint density at radius 1 is 0.231 bits per heavy atom. The third-order valence-electron chi connectivity index (χ3n) is 5.32. The van der Waals surface area contributed by atoms with E-state index in [1.807, 2.05) is 0 Å². The Morgan fingerprint density at radius 3 is 0.769 bits per heavy atom. The van der Waals surface area contributed by atoms with E-state index in [1.54, 1.807) is 0 Å². The Hall–Kier alpha value is -1.04. The quantitative estimate of drug-likeness (QED) is 0.405. The van der Waals surface area contributed by atoms with Crippen LogP contribution in [0, 0.1) is 0 Å². The molecule has 1 aliphatic carbocycles. The highest BCUT2D eigenvalue weighted by Crippen LogP contribution is 2.14. The van der Waals surface area contributed by atoms with Crippen molar-refractivity contribution in [3.05, 3.63) is 48.6 Å². The van der Waals surface area contributed by atoms with E-state index in [2.05, 4.69) is 48.6 Å². The SMILES string of the molecule is C1=CC=CCCCCCCCCCCCCCCCCCCC=CC=C1. The molecule has 0 heteroatoms. The van der Waals surface area contributed by atoms with Gasteiger partial charge < -0.3 is 0 Å². The smallest absolute Gasteiger partial charge is 0.0348 e. The van der Waals surface area contributed by atoms with Crippen LogP contribution < -0.4 is 0 Å². The van der Waals surface area contributed by atoms with Crippen molar-refractivity contribution in [2.24, 2.45) is 0 Å². The van der Waals surface area contributed by atoms with E-state index in [9.17, 15) is 0 Å². The van der Waals surface area contributed by atoms with Crippen LogP contribution >= 0.6 is 0 Å². The lowest BCUT2D eigenvalue weighted by molar-refractivity contribution is 0.528. The maximum atomic E-state index is 2.31. The summed E-state index contributed by atoms with van der Waals surface area (Å²) in [6, 6.07) is 0. The van der Waals surface area contributed by atoms with Crippen LogP contribution in [0.4, 0.5) is 0 Å². The molecule has 0 unspecified atom stereocenters. The molecule has 0 aromatic heterocycles. The van der Waals surface area contributed by atoms with Gasteiger partial charge in [-0.15, -0.1) is 0 Å². The number of rotatable bonds is 0. The van der Waals surface area contributed by atoms with Crippen molar-refractivity contribution in [3.63, 3.8) is 0 Å². The van der Waals surface area contributed by atoms with Gasteiger partial charge in [0.15, 0.2) is 0 Å². The molecule has 1 aliphatic rings. The molecule has 0 radical (unpaired) electrons. The maximum Gasteiger partial charge on any atom is -0.0348 e. The third-order valence-corrected chi connectivity index (χ3v) is 5.32. The van der Waals surface area contributed by atoms with Gasteiger partial charge in [-0.2, -0.15) is 0 Å². The molecule has 0 saturated carbocycles. The first kappa shape index (κ1) is 23.0. The molecule has 0 N–H and O–H groups in total. The Kier molecular flexibility index (Phi) is 17.9. The zero-order chi connectivity index (χ0) is 18.4. The lowest BCUT2D eigenvalue weighted by atomic mass is 10.0. The number of hydrogen-bond acceptors (Lipinski definition) is 0. The van der Waals surface area contributed by atoms with Crippen LogP contribution in [0.1, 0.15) is 116 Å². The standard InChI is InChI=1S/C26H44/c1-2-4-6-8-10-12-14-16-18-20-22-24-26-25-23-21-19-17-15-13-11-9-7-5-3-1/h1-8H,9-26H2. The average Bonchev–Trinajstić information content (AvgIpc) is 2.65. The van der Waals surface area contributed by atoms with Gasteiger partial charge in [-0.3, -0.25) is 0 Å². The molecule has 0 amide bonds. The molecule has 0 heterocycles. The molecular weight excluding hydrogens is 312 g/mol. The van der Waals surface area contributed by atoms with E-state index in [0.717, 1.165) is 0 Å². The van der Waals surface area contributed by atoms with E-state index in [-0.39, 0.29) is 0 Å². The second kappa shape index (κ2) is 20.3. The van der Waals surface area contributed by atoms with Crippen molar-refractivity contribution in [3.8, 4) is 0 Å². The van der Waals surface area contributed by atoms with Crippen molar-refractivity contribution in [1.29, 1.82) is 0 Å². The monoisotopic (exact) mass is 356 g/mol. The zero-order valence-electron chi connectivity index (χ0n) is 17.3. The lowest BCUT2D eigenvalue weighted by Gasteiger charge is -2.03. The first-order chi connectivity index (χ1) is 13.0. The molecule has 0 aromatic carbocycles. The van der Waals surface area contributed by atoms with E-state index < -0.39 is 0 Å². The molecule has 0 fully saturated rings. The van der Waals surface area contributed by atoms with Gasteiger partial charge in [-0.05, 0) is 25.7 Å². The largest absolute Gasteiger partial charge is 0.0845 e. The van der Waals surface area contributed by atoms with Crippen LogP contribution in [0.2, 0.25) is 0 Å². The van der Waals surface area contributed by atoms with E-state index in [4.69, 9.17) is 0 Å².